The fraction of sp³-hybridized carbons (Fsp3) is 0.238. The maximum absolute atomic E-state index is 4.55. The van der Waals surface area contributed by atoms with Crippen LogP contribution >= 0.6 is 0 Å². The number of aryl methyl sites for hydroxylation is 1. The molecule has 0 spiro atoms. The maximum Gasteiger partial charge on any atom is 0.134 e. The van der Waals surface area contributed by atoms with Gasteiger partial charge in [0.1, 0.15) is 11.6 Å². The summed E-state index contributed by atoms with van der Waals surface area (Å²) in [6, 6.07) is 20.6. The summed E-state index contributed by atoms with van der Waals surface area (Å²) in [7, 11) is 0. The predicted octanol–water partition coefficient (Wildman–Crippen LogP) is 5.04. The van der Waals surface area contributed by atoms with Crippen LogP contribution in [0.3, 0.4) is 0 Å². The minimum atomic E-state index is 0.753. The van der Waals surface area contributed by atoms with E-state index in [0.717, 1.165) is 41.7 Å². The molecular formula is C21H24N4. The van der Waals surface area contributed by atoms with Crippen molar-refractivity contribution in [1.82, 2.24) is 9.97 Å². The molecule has 0 aliphatic carbocycles. The van der Waals surface area contributed by atoms with Crippen molar-refractivity contribution in [3.05, 3.63) is 66.5 Å². The highest BCUT2D eigenvalue weighted by atomic mass is 15.1. The van der Waals surface area contributed by atoms with Crippen LogP contribution in [0.25, 0.3) is 11.3 Å². The van der Waals surface area contributed by atoms with Crippen molar-refractivity contribution in [1.29, 1.82) is 0 Å². The monoisotopic (exact) mass is 332 g/mol. The highest BCUT2D eigenvalue weighted by Gasteiger charge is 2.06. The second-order valence-electron chi connectivity index (χ2n) is 5.90. The molecule has 4 nitrogen and oxygen atoms in total. The molecule has 0 fully saturated rings. The summed E-state index contributed by atoms with van der Waals surface area (Å²) >= 11 is 0. The first-order chi connectivity index (χ1) is 12.2. The van der Waals surface area contributed by atoms with Crippen molar-refractivity contribution < 1.29 is 0 Å². The largest absolute Gasteiger partial charge is 0.372 e. The lowest BCUT2D eigenvalue weighted by molar-refractivity contribution is 0.866. The standard InChI is InChI=1S/C21H24N4/c1-4-25(5-2)19-13-11-18(12-14-19)24-21-15-20(22-16(3)23-21)17-9-7-6-8-10-17/h6-15H,4-5H2,1-3H3,(H,22,23,24). The molecule has 128 valence electrons. The van der Waals surface area contributed by atoms with E-state index in [-0.39, 0.29) is 0 Å². The summed E-state index contributed by atoms with van der Waals surface area (Å²) in [5.74, 6) is 1.56. The minimum Gasteiger partial charge on any atom is -0.372 e. The van der Waals surface area contributed by atoms with Crippen LogP contribution in [-0.2, 0) is 0 Å². The van der Waals surface area contributed by atoms with Crippen LogP contribution < -0.4 is 10.2 Å². The summed E-state index contributed by atoms with van der Waals surface area (Å²) in [6.45, 7) is 8.28. The molecule has 4 heteroatoms. The summed E-state index contributed by atoms with van der Waals surface area (Å²) in [5.41, 5.74) is 4.27. The molecule has 0 radical (unpaired) electrons. The molecule has 0 saturated carbocycles. The van der Waals surface area contributed by atoms with E-state index < -0.39 is 0 Å². The van der Waals surface area contributed by atoms with Crippen LogP contribution in [0.15, 0.2) is 60.7 Å². The number of anilines is 3. The van der Waals surface area contributed by atoms with Crippen LogP contribution in [0.1, 0.15) is 19.7 Å². The van der Waals surface area contributed by atoms with Crippen LogP contribution in [-0.4, -0.2) is 23.1 Å². The molecule has 0 unspecified atom stereocenters. The SMILES string of the molecule is CCN(CC)c1ccc(Nc2cc(-c3ccccc3)nc(C)n2)cc1. The van der Waals surface area contributed by atoms with E-state index in [2.05, 4.69) is 70.4 Å². The van der Waals surface area contributed by atoms with Crippen LogP contribution in [0.2, 0.25) is 0 Å². The molecule has 3 rings (SSSR count). The lowest BCUT2D eigenvalue weighted by Crippen LogP contribution is -2.21. The van der Waals surface area contributed by atoms with Gasteiger partial charge in [0, 0.05) is 36.1 Å². The van der Waals surface area contributed by atoms with Crippen LogP contribution in [0, 0.1) is 6.92 Å². The van der Waals surface area contributed by atoms with E-state index in [1.165, 1.54) is 5.69 Å². The van der Waals surface area contributed by atoms with E-state index in [4.69, 9.17) is 0 Å². The van der Waals surface area contributed by atoms with Gasteiger partial charge in [-0.3, -0.25) is 0 Å². The summed E-state index contributed by atoms with van der Waals surface area (Å²) in [6.07, 6.45) is 0. The van der Waals surface area contributed by atoms with Crippen molar-refractivity contribution in [3.63, 3.8) is 0 Å². The fourth-order valence-corrected chi connectivity index (χ4v) is 2.88. The Labute approximate surface area is 149 Å². The summed E-state index contributed by atoms with van der Waals surface area (Å²) in [5, 5.41) is 3.39. The smallest absolute Gasteiger partial charge is 0.134 e. The third-order valence-electron chi connectivity index (χ3n) is 4.18. The maximum atomic E-state index is 4.55. The molecule has 1 heterocycles. The molecule has 0 bridgehead atoms. The molecule has 0 aliphatic rings. The second kappa shape index (κ2) is 7.79. The van der Waals surface area contributed by atoms with E-state index in [0.29, 0.717) is 0 Å². The third kappa shape index (κ3) is 4.15. The first kappa shape index (κ1) is 17.0. The van der Waals surface area contributed by atoms with E-state index in [9.17, 15) is 0 Å². The molecule has 1 N–H and O–H groups in total. The lowest BCUT2D eigenvalue weighted by atomic mass is 10.1. The average molecular weight is 332 g/mol. The second-order valence-corrected chi connectivity index (χ2v) is 5.90. The zero-order valence-electron chi connectivity index (χ0n) is 15.0. The van der Waals surface area contributed by atoms with Crippen LogP contribution in [0.4, 0.5) is 17.2 Å². The number of hydrogen-bond acceptors (Lipinski definition) is 4. The Morgan fingerprint density at radius 3 is 2.20 bits per heavy atom. The molecule has 1 aromatic heterocycles. The Morgan fingerprint density at radius 2 is 1.56 bits per heavy atom. The Morgan fingerprint density at radius 1 is 0.880 bits per heavy atom. The van der Waals surface area contributed by atoms with Gasteiger partial charge < -0.3 is 10.2 Å². The zero-order chi connectivity index (χ0) is 17.6. The van der Waals surface area contributed by atoms with Crippen molar-refractivity contribution in [2.75, 3.05) is 23.3 Å². The fourth-order valence-electron chi connectivity index (χ4n) is 2.88. The Kier molecular flexibility index (Phi) is 5.29. The Bertz CT molecular complexity index is 809. The number of nitrogens with zero attached hydrogens (tertiary/aromatic N) is 3. The average Bonchev–Trinajstić information content (AvgIpc) is 2.64. The van der Waals surface area contributed by atoms with Gasteiger partial charge in [0.2, 0.25) is 0 Å². The minimum absolute atomic E-state index is 0.753. The molecule has 3 aromatic rings. The summed E-state index contributed by atoms with van der Waals surface area (Å²) < 4.78 is 0. The van der Waals surface area contributed by atoms with Gasteiger partial charge in [0.25, 0.3) is 0 Å². The van der Waals surface area contributed by atoms with Crippen molar-refractivity contribution in [2.24, 2.45) is 0 Å². The first-order valence-electron chi connectivity index (χ1n) is 8.72. The third-order valence-corrected chi connectivity index (χ3v) is 4.18. The molecule has 0 atom stereocenters. The van der Waals surface area contributed by atoms with Crippen molar-refractivity contribution in [2.45, 2.75) is 20.8 Å². The van der Waals surface area contributed by atoms with Gasteiger partial charge in [-0.25, -0.2) is 9.97 Å². The number of benzene rings is 2. The van der Waals surface area contributed by atoms with Crippen LogP contribution in [0.5, 0.6) is 0 Å². The number of nitrogens with one attached hydrogen (secondary N) is 1. The van der Waals surface area contributed by atoms with Gasteiger partial charge in [-0.15, -0.1) is 0 Å². The predicted molar refractivity (Wildman–Crippen MR) is 105 cm³/mol. The van der Waals surface area contributed by atoms with Gasteiger partial charge in [-0.05, 0) is 45.0 Å². The van der Waals surface area contributed by atoms with Gasteiger partial charge in [0.15, 0.2) is 0 Å². The van der Waals surface area contributed by atoms with E-state index >= 15 is 0 Å². The normalized spacial score (nSPS) is 10.5. The molecule has 25 heavy (non-hydrogen) atoms. The molecule has 0 amide bonds. The number of aromatic nitrogens is 2. The van der Waals surface area contributed by atoms with Crippen molar-refractivity contribution >= 4 is 17.2 Å². The van der Waals surface area contributed by atoms with Gasteiger partial charge >= 0.3 is 0 Å². The summed E-state index contributed by atoms with van der Waals surface area (Å²) in [4.78, 5) is 11.4. The van der Waals surface area contributed by atoms with Gasteiger partial charge in [0.05, 0.1) is 5.69 Å². The van der Waals surface area contributed by atoms with Gasteiger partial charge in [-0.1, -0.05) is 30.3 Å². The Hall–Kier alpha value is -2.88. The lowest BCUT2D eigenvalue weighted by Gasteiger charge is -2.21. The highest BCUT2D eigenvalue weighted by molar-refractivity contribution is 5.66. The highest BCUT2D eigenvalue weighted by Crippen LogP contribution is 2.23. The molecule has 2 aromatic carbocycles. The number of hydrogen-bond donors (Lipinski definition) is 1. The zero-order valence-corrected chi connectivity index (χ0v) is 15.0. The quantitative estimate of drug-likeness (QED) is 0.686. The Balaban J connectivity index is 1.82. The topological polar surface area (TPSA) is 41.0 Å². The van der Waals surface area contributed by atoms with Crippen molar-refractivity contribution in [3.8, 4) is 11.3 Å². The van der Waals surface area contributed by atoms with E-state index in [1.807, 2.05) is 31.2 Å². The molecule has 0 saturated heterocycles. The molecule has 0 aliphatic heterocycles. The van der Waals surface area contributed by atoms with E-state index in [1.54, 1.807) is 0 Å². The number of rotatable bonds is 6. The molecular weight excluding hydrogens is 308 g/mol. The van der Waals surface area contributed by atoms with Gasteiger partial charge in [-0.2, -0.15) is 0 Å². The first-order valence-corrected chi connectivity index (χ1v) is 8.72.